The Morgan fingerprint density at radius 3 is 2.81 bits per heavy atom. The molecule has 1 aliphatic heterocycles. The molecule has 1 aliphatic rings. The first-order valence-electron chi connectivity index (χ1n) is 4.80. The van der Waals surface area contributed by atoms with Gasteiger partial charge >= 0.3 is 11.9 Å². The fourth-order valence-electron chi connectivity index (χ4n) is 1.40. The summed E-state index contributed by atoms with van der Waals surface area (Å²) >= 11 is 2.05. The molecule has 1 heterocycles. The van der Waals surface area contributed by atoms with E-state index in [-0.39, 0.29) is 0 Å². The molecule has 1 saturated heterocycles. The van der Waals surface area contributed by atoms with Crippen LogP contribution in [0.3, 0.4) is 0 Å². The second kappa shape index (κ2) is 4.82. The summed E-state index contributed by atoms with van der Waals surface area (Å²) in [5, 5.41) is 0. The zero-order valence-corrected chi connectivity index (χ0v) is 10.5. The Bertz CT molecular complexity index is 430. The van der Waals surface area contributed by atoms with Gasteiger partial charge in [-0.1, -0.05) is 12.1 Å². The van der Waals surface area contributed by atoms with Crippen LogP contribution in [0.4, 0.5) is 0 Å². The third kappa shape index (κ3) is 2.34. The van der Waals surface area contributed by atoms with Gasteiger partial charge in [0.2, 0.25) is 6.10 Å². The first kappa shape index (κ1) is 11.4. The van der Waals surface area contributed by atoms with E-state index >= 15 is 0 Å². The maximum atomic E-state index is 11.7. The quantitative estimate of drug-likeness (QED) is 0.612. The summed E-state index contributed by atoms with van der Waals surface area (Å²) in [6.07, 6.45) is -0.308. The summed E-state index contributed by atoms with van der Waals surface area (Å²) < 4.78 is 10.6. The highest BCUT2D eigenvalue weighted by Gasteiger charge is 2.30. The van der Waals surface area contributed by atoms with Crippen LogP contribution in [0.1, 0.15) is 16.8 Å². The molecule has 0 N–H and O–H groups in total. The molecule has 1 aromatic rings. The van der Waals surface area contributed by atoms with E-state index in [1.165, 1.54) is 0 Å². The number of halogens is 1. The molecule has 1 atom stereocenters. The van der Waals surface area contributed by atoms with E-state index in [9.17, 15) is 9.59 Å². The Balaban J connectivity index is 2.09. The molecule has 0 bridgehead atoms. The predicted octanol–water partition coefficient (Wildman–Crippen LogP) is 1.76. The zero-order chi connectivity index (χ0) is 11.5. The van der Waals surface area contributed by atoms with Crippen molar-refractivity contribution in [1.82, 2.24) is 0 Å². The minimum absolute atomic E-state index is 0.322. The zero-order valence-electron chi connectivity index (χ0n) is 8.31. The van der Waals surface area contributed by atoms with Gasteiger partial charge in [0, 0.05) is 9.99 Å². The number of cyclic esters (lactones) is 1. The van der Waals surface area contributed by atoms with Gasteiger partial charge in [0.05, 0.1) is 12.2 Å². The van der Waals surface area contributed by atoms with Crippen LogP contribution >= 0.6 is 22.6 Å². The standard InChI is InChI=1S/C11H9IO4/c12-8-4-2-1-3-7(8)10(13)16-9-5-6-15-11(9)14/h1-4,9H,5-6H2/t9-/m0/s1. The van der Waals surface area contributed by atoms with Gasteiger partial charge in [-0.15, -0.1) is 0 Å². The van der Waals surface area contributed by atoms with Gasteiger partial charge in [0.25, 0.3) is 0 Å². The lowest BCUT2D eigenvalue weighted by Crippen LogP contribution is -2.23. The Kier molecular flexibility index (Phi) is 3.42. The molecular weight excluding hydrogens is 323 g/mol. The smallest absolute Gasteiger partial charge is 0.347 e. The minimum atomic E-state index is -0.747. The number of carbonyl (C=O) groups is 2. The van der Waals surface area contributed by atoms with E-state index in [2.05, 4.69) is 22.6 Å². The Labute approximate surface area is 106 Å². The number of benzene rings is 1. The Morgan fingerprint density at radius 1 is 1.44 bits per heavy atom. The number of esters is 2. The van der Waals surface area contributed by atoms with E-state index in [0.717, 1.165) is 3.57 Å². The first-order chi connectivity index (χ1) is 7.68. The number of hydrogen-bond donors (Lipinski definition) is 0. The van der Waals surface area contributed by atoms with Gasteiger partial charge < -0.3 is 9.47 Å². The highest BCUT2D eigenvalue weighted by atomic mass is 127. The number of rotatable bonds is 2. The van der Waals surface area contributed by atoms with Crippen LogP contribution in [0.2, 0.25) is 0 Å². The molecule has 0 unspecified atom stereocenters. The molecule has 4 nitrogen and oxygen atoms in total. The largest absolute Gasteiger partial charge is 0.463 e. The fourth-order valence-corrected chi connectivity index (χ4v) is 2.01. The van der Waals surface area contributed by atoms with E-state index in [4.69, 9.17) is 9.47 Å². The molecule has 0 amide bonds. The number of carbonyl (C=O) groups excluding carboxylic acids is 2. The maximum Gasteiger partial charge on any atom is 0.347 e. The van der Waals surface area contributed by atoms with Crippen molar-refractivity contribution in [2.45, 2.75) is 12.5 Å². The van der Waals surface area contributed by atoms with Crippen molar-refractivity contribution >= 4 is 34.5 Å². The molecule has 1 aromatic carbocycles. The molecule has 0 aromatic heterocycles. The van der Waals surface area contributed by atoms with E-state index in [0.29, 0.717) is 18.6 Å². The number of hydrogen-bond acceptors (Lipinski definition) is 4. The van der Waals surface area contributed by atoms with Crippen molar-refractivity contribution < 1.29 is 19.1 Å². The van der Waals surface area contributed by atoms with Gasteiger partial charge in [0.15, 0.2) is 0 Å². The van der Waals surface area contributed by atoms with Crippen LogP contribution in [0.5, 0.6) is 0 Å². The third-order valence-electron chi connectivity index (χ3n) is 2.23. The van der Waals surface area contributed by atoms with Crippen molar-refractivity contribution in [2.75, 3.05) is 6.61 Å². The molecule has 84 valence electrons. The summed E-state index contributed by atoms with van der Waals surface area (Å²) in [4.78, 5) is 22.9. The molecule has 0 spiro atoms. The van der Waals surface area contributed by atoms with Gasteiger partial charge in [-0.2, -0.15) is 0 Å². The van der Waals surface area contributed by atoms with Crippen LogP contribution in [-0.2, 0) is 14.3 Å². The molecule has 0 aliphatic carbocycles. The fraction of sp³-hybridized carbons (Fsp3) is 0.273. The Morgan fingerprint density at radius 2 is 2.19 bits per heavy atom. The molecular formula is C11H9IO4. The SMILES string of the molecule is O=C(O[C@H]1CCOC1=O)c1ccccc1I. The van der Waals surface area contributed by atoms with Crippen LogP contribution in [0.15, 0.2) is 24.3 Å². The highest BCUT2D eigenvalue weighted by Crippen LogP contribution is 2.16. The average molecular weight is 332 g/mol. The second-order valence-corrected chi connectivity index (χ2v) is 4.49. The van der Waals surface area contributed by atoms with Crippen LogP contribution in [0.25, 0.3) is 0 Å². The minimum Gasteiger partial charge on any atom is -0.463 e. The first-order valence-corrected chi connectivity index (χ1v) is 5.88. The topological polar surface area (TPSA) is 52.6 Å². The molecule has 16 heavy (non-hydrogen) atoms. The lowest BCUT2D eigenvalue weighted by atomic mass is 10.2. The van der Waals surface area contributed by atoms with E-state index < -0.39 is 18.0 Å². The molecule has 5 heteroatoms. The molecule has 1 fully saturated rings. The van der Waals surface area contributed by atoms with Crippen LogP contribution < -0.4 is 0 Å². The van der Waals surface area contributed by atoms with Crippen molar-refractivity contribution in [3.8, 4) is 0 Å². The van der Waals surface area contributed by atoms with E-state index in [1.54, 1.807) is 12.1 Å². The number of ether oxygens (including phenoxy) is 2. The lowest BCUT2D eigenvalue weighted by molar-refractivity contribution is -0.145. The summed E-state index contributed by atoms with van der Waals surface area (Å²) in [5.74, 6) is -0.937. The lowest BCUT2D eigenvalue weighted by Gasteiger charge is -2.09. The van der Waals surface area contributed by atoms with Crippen molar-refractivity contribution in [1.29, 1.82) is 0 Å². The van der Waals surface area contributed by atoms with Gasteiger partial charge in [-0.25, -0.2) is 9.59 Å². The van der Waals surface area contributed by atoms with Crippen molar-refractivity contribution in [3.05, 3.63) is 33.4 Å². The van der Waals surface area contributed by atoms with Gasteiger partial charge in [-0.05, 0) is 34.7 Å². The predicted molar refractivity (Wildman–Crippen MR) is 63.9 cm³/mol. The Hall–Kier alpha value is -1.11. The summed E-state index contributed by atoms with van der Waals surface area (Å²) in [6.45, 7) is 0.322. The van der Waals surface area contributed by atoms with Crippen LogP contribution in [0, 0.1) is 3.57 Å². The second-order valence-electron chi connectivity index (χ2n) is 3.33. The van der Waals surface area contributed by atoms with Crippen molar-refractivity contribution in [3.63, 3.8) is 0 Å². The summed E-state index contributed by atoms with van der Waals surface area (Å²) in [7, 11) is 0. The third-order valence-corrected chi connectivity index (χ3v) is 3.17. The molecule has 0 radical (unpaired) electrons. The normalized spacial score (nSPS) is 19.3. The van der Waals surface area contributed by atoms with Crippen molar-refractivity contribution in [2.24, 2.45) is 0 Å². The van der Waals surface area contributed by atoms with Crippen LogP contribution in [-0.4, -0.2) is 24.6 Å². The molecule has 2 rings (SSSR count). The summed E-state index contributed by atoms with van der Waals surface area (Å²) in [6, 6.07) is 7.07. The monoisotopic (exact) mass is 332 g/mol. The summed E-state index contributed by atoms with van der Waals surface area (Å²) in [5.41, 5.74) is 0.475. The highest BCUT2D eigenvalue weighted by molar-refractivity contribution is 14.1. The van der Waals surface area contributed by atoms with Gasteiger partial charge in [0.1, 0.15) is 0 Å². The van der Waals surface area contributed by atoms with Gasteiger partial charge in [-0.3, -0.25) is 0 Å². The van der Waals surface area contributed by atoms with E-state index in [1.807, 2.05) is 12.1 Å². The maximum absolute atomic E-state index is 11.7. The molecule has 0 saturated carbocycles. The average Bonchev–Trinajstić information content (AvgIpc) is 2.65.